The molecule has 2 amide bonds. The molecule has 1 atom stereocenters. The Hall–Kier alpha value is -2.67. The van der Waals surface area contributed by atoms with Crippen LogP contribution in [-0.4, -0.2) is 37.6 Å². The number of nitrogens with zero attached hydrogens (tertiary/aromatic N) is 1. The minimum atomic E-state index is -3.96. The fraction of sp³-hybridized carbons (Fsp3) is 0.222. The maximum atomic E-state index is 12.4. The molecule has 0 saturated carbocycles. The van der Waals surface area contributed by atoms with Crippen LogP contribution in [0.2, 0.25) is 0 Å². The normalized spacial score (nSPS) is 16.4. The smallest absolute Gasteiger partial charge is 0.269 e. The summed E-state index contributed by atoms with van der Waals surface area (Å²) < 4.78 is 25.5. The topological polar surface area (TPSA) is 83.6 Å². The molecule has 1 heterocycles. The fourth-order valence-electron chi connectivity index (χ4n) is 2.74. The standard InChI is InChI=1S/C18H18N2O4S/c1-13(14-7-3-2-4-8-14)11-19-17(21)12-20-18(22)15-9-5-6-10-16(15)25(20,23)24/h2-10,13H,11-12H2,1H3,(H,19,21). The van der Waals surface area contributed by atoms with Crippen molar-refractivity contribution < 1.29 is 18.0 Å². The highest BCUT2D eigenvalue weighted by Crippen LogP contribution is 2.29. The van der Waals surface area contributed by atoms with Crippen LogP contribution in [0.1, 0.15) is 28.8 Å². The van der Waals surface area contributed by atoms with Gasteiger partial charge in [-0.15, -0.1) is 0 Å². The molecule has 1 unspecified atom stereocenters. The molecule has 1 N–H and O–H groups in total. The van der Waals surface area contributed by atoms with Crippen molar-refractivity contribution in [1.82, 2.24) is 9.62 Å². The molecule has 0 aliphatic carbocycles. The molecule has 0 spiro atoms. The molecule has 2 aromatic carbocycles. The van der Waals surface area contributed by atoms with Crippen LogP contribution in [0.4, 0.5) is 0 Å². The third kappa shape index (κ3) is 3.28. The Bertz CT molecular complexity index is 910. The average molecular weight is 358 g/mol. The summed E-state index contributed by atoms with van der Waals surface area (Å²) in [5.41, 5.74) is 1.17. The van der Waals surface area contributed by atoms with E-state index in [-0.39, 0.29) is 16.4 Å². The van der Waals surface area contributed by atoms with Gasteiger partial charge in [-0.1, -0.05) is 49.4 Å². The maximum Gasteiger partial charge on any atom is 0.269 e. The van der Waals surface area contributed by atoms with Crippen molar-refractivity contribution in [3.63, 3.8) is 0 Å². The predicted octanol–water partition coefficient (Wildman–Crippen LogP) is 1.75. The Kier molecular flexibility index (Phi) is 4.59. The second-order valence-corrected chi connectivity index (χ2v) is 7.76. The van der Waals surface area contributed by atoms with Crippen LogP contribution in [0.15, 0.2) is 59.5 Å². The number of hydrogen-bond donors (Lipinski definition) is 1. The molecular formula is C18H18N2O4S. The van der Waals surface area contributed by atoms with Gasteiger partial charge in [0.2, 0.25) is 5.91 Å². The number of rotatable bonds is 5. The summed E-state index contributed by atoms with van der Waals surface area (Å²) in [5, 5.41) is 2.70. The number of sulfonamides is 1. The summed E-state index contributed by atoms with van der Waals surface area (Å²) in [4.78, 5) is 24.4. The van der Waals surface area contributed by atoms with Gasteiger partial charge < -0.3 is 5.32 Å². The van der Waals surface area contributed by atoms with Crippen LogP contribution in [0.25, 0.3) is 0 Å². The van der Waals surface area contributed by atoms with E-state index in [1.165, 1.54) is 12.1 Å². The zero-order valence-electron chi connectivity index (χ0n) is 13.7. The Morgan fingerprint density at radius 2 is 1.72 bits per heavy atom. The van der Waals surface area contributed by atoms with E-state index in [4.69, 9.17) is 0 Å². The molecule has 25 heavy (non-hydrogen) atoms. The number of carbonyl (C=O) groups is 2. The van der Waals surface area contributed by atoms with Crippen molar-refractivity contribution in [2.45, 2.75) is 17.7 Å². The SMILES string of the molecule is CC(CNC(=O)CN1C(=O)c2ccccc2S1(=O)=O)c1ccccc1. The van der Waals surface area contributed by atoms with Crippen LogP contribution in [0, 0.1) is 0 Å². The predicted molar refractivity (Wildman–Crippen MR) is 92.5 cm³/mol. The van der Waals surface area contributed by atoms with Gasteiger partial charge >= 0.3 is 0 Å². The summed E-state index contributed by atoms with van der Waals surface area (Å²) >= 11 is 0. The Balaban J connectivity index is 1.65. The lowest BCUT2D eigenvalue weighted by atomic mass is 10.0. The molecular weight excluding hydrogens is 340 g/mol. The minimum absolute atomic E-state index is 0.0505. The van der Waals surface area contributed by atoms with Crippen LogP contribution >= 0.6 is 0 Å². The van der Waals surface area contributed by atoms with Crippen LogP contribution < -0.4 is 5.32 Å². The lowest BCUT2D eigenvalue weighted by Gasteiger charge is -2.17. The second-order valence-electron chi connectivity index (χ2n) is 5.93. The summed E-state index contributed by atoms with van der Waals surface area (Å²) in [6, 6.07) is 15.6. The quantitative estimate of drug-likeness (QED) is 0.883. The van der Waals surface area contributed by atoms with Gasteiger partial charge in [0.25, 0.3) is 15.9 Å². The fourth-order valence-corrected chi connectivity index (χ4v) is 4.27. The maximum absolute atomic E-state index is 12.4. The van der Waals surface area contributed by atoms with E-state index in [9.17, 15) is 18.0 Å². The van der Waals surface area contributed by atoms with E-state index in [0.717, 1.165) is 5.56 Å². The van der Waals surface area contributed by atoms with E-state index >= 15 is 0 Å². The summed E-state index contributed by atoms with van der Waals surface area (Å²) in [7, 11) is -3.96. The molecule has 0 radical (unpaired) electrons. The number of benzene rings is 2. The molecule has 3 rings (SSSR count). The zero-order valence-corrected chi connectivity index (χ0v) is 14.5. The van der Waals surface area contributed by atoms with Gasteiger partial charge in [0.05, 0.1) is 5.56 Å². The molecule has 1 aliphatic rings. The Morgan fingerprint density at radius 3 is 2.40 bits per heavy atom. The molecule has 0 aromatic heterocycles. The first-order valence-corrected chi connectivity index (χ1v) is 9.33. The minimum Gasteiger partial charge on any atom is -0.354 e. The van der Waals surface area contributed by atoms with Gasteiger partial charge in [0.1, 0.15) is 11.4 Å². The van der Waals surface area contributed by atoms with Gasteiger partial charge in [-0.2, -0.15) is 0 Å². The molecule has 0 bridgehead atoms. The van der Waals surface area contributed by atoms with Crippen molar-refractivity contribution in [3.05, 3.63) is 65.7 Å². The molecule has 0 saturated heterocycles. The van der Waals surface area contributed by atoms with Gasteiger partial charge in [-0.05, 0) is 23.6 Å². The first kappa shape index (κ1) is 17.2. The second kappa shape index (κ2) is 6.68. The molecule has 0 fully saturated rings. The lowest BCUT2D eigenvalue weighted by Crippen LogP contribution is -2.41. The highest BCUT2D eigenvalue weighted by Gasteiger charge is 2.41. The van der Waals surface area contributed by atoms with Crippen LogP contribution in [0.5, 0.6) is 0 Å². The number of fused-ring (bicyclic) bond motifs is 1. The number of hydrogen-bond acceptors (Lipinski definition) is 4. The van der Waals surface area contributed by atoms with Crippen molar-refractivity contribution >= 4 is 21.8 Å². The summed E-state index contributed by atoms with van der Waals surface area (Å²) in [6.45, 7) is 1.80. The van der Waals surface area contributed by atoms with Gasteiger partial charge in [0.15, 0.2) is 0 Å². The van der Waals surface area contributed by atoms with Crippen molar-refractivity contribution in [2.75, 3.05) is 13.1 Å². The largest absolute Gasteiger partial charge is 0.354 e. The monoisotopic (exact) mass is 358 g/mol. The van der Waals surface area contributed by atoms with Gasteiger partial charge in [-0.25, -0.2) is 12.7 Å². The summed E-state index contributed by atoms with van der Waals surface area (Å²) in [5.74, 6) is -1.09. The first-order valence-electron chi connectivity index (χ1n) is 7.89. The first-order chi connectivity index (χ1) is 11.9. The number of nitrogens with one attached hydrogen (secondary N) is 1. The third-order valence-corrected chi connectivity index (χ3v) is 5.96. The van der Waals surface area contributed by atoms with Crippen molar-refractivity contribution in [3.8, 4) is 0 Å². The lowest BCUT2D eigenvalue weighted by molar-refractivity contribution is -0.121. The highest BCUT2D eigenvalue weighted by molar-refractivity contribution is 7.90. The van der Waals surface area contributed by atoms with Crippen LogP contribution in [0.3, 0.4) is 0 Å². The molecule has 7 heteroatoms. The van der Waals surface area contributed by atoms with Gasteiger partial charge in [0, 0.05) is 6.54 Å². The van der Waals surface area contributed by atoms with E-state index in [1.807, 2.05) is 37.3 Å². The van der Waals surface area contributed by atoms with E-state index in [2.05, 4.69) is 5.32 Å². The molecule has 2 aromatic rings. The Morgan fingerprint density at radius 1 is 1.08 bits per heavy atom. The molecule has 6 nitrogen and oxygen atoms in total. The van der Waals surface area contributed by atoms with Gasteiger partial charge in [-0.3, -0.25) is 9.59 Å². The number of carbonyl (C=O) groups excluding carboxylic acids is 2. The highest BCUT2D eigenvalue weighted by atomic mass is 32.2. The summed E-state index contributed by atoms with van der Waals surface area (Å²) in [6.07, 6.45) is 0. The number of amides is 2. The third-order valence-electron chi connectivity index (χ3n) is 4.17. The van der Waals surface area contributed by atoms with Crippen molar-refractivity contribution in [1.29, 1.82) is 0 Å². The molecule has 1 aliphatic heterocycles. The van der Waals surface area contributed by atoms with E-state index in [1.54, 1.807) is 12.1 Å². The molecule has 130 valence electrons. The van der Waals surface area contributed by atoms with E-state index in [0.29, 0.717) is 10.8 Å². The zero-order chi connectivity index (χ0) is 18.0. The van der Waals surface area contributed by atoms with Crippen molar-refractivity contribution in [2.24, 2.45) is 0 Å². The average Bonchev–Trinajstić information content (AvgIpc) is 2.82. The Labute approximate surface area is 146 Å². The van der Waals surface area contributed by atoms with E-state index < -0.39 is 28.4 Å². The van der Waals surface area contributed by atoms with Crippen LogP contribution in [-0.2, 0) is 14.8 Å².